The van der Waals surface area contributed by atoms with E-state index in [1.165, 1.54) is 0 Å². The maximum absolute atomic E-state index is 10.9. The average molecular weight is 176 g/mol. The first-order valence-corrected chi connectivity index (χ1v) is 4.92. The van der Waals surface area contributed by atoms with Crippen LogP contribution in [0.5, 0.6) is 0 Å². The molecule has 0 saturated heterocycles. The molecule has 0 aromatic heterocycles. The summed E-state index contributed by atoms with van der Waals surface area (Å²) in [5, 5.41) is 2.73. The van der Waals surface area contributed by atoms with Crippen molar-refractivity contribution >= 4 is 17.7 Å². The Balaban J connectivity index is 3.23. The van der Waals surface area contributed by atoms with Gasteiger partial charge in [0.15, 0.2) is 0 Å². The number of rotatable bonds is 5. The Morgan fingerprint density at radius 1 is 1.73 bits per heavy atom. The summed E-state index contributed by atoms with van der Waals surface area (Å²) >= 11 is 1.62. The van der Waals surface area contributed by atoms with E-state index in [0.717, 1.165) is 5.75 Å². The molecule has 0 bridgehead atoms. The topological polar surface area (TPSA) is 55.1 Å². The van der Waals surface area contributed by atoms with Crippen LogP contribution in [0.1, 0.15) is 13.8 Å². The summed E-state index contributed by atoms with van der Waals surface area (Å²) < 4.78 is 0. The molecule has 0 spiro atoms. The maximum atomic E-state index is 10.9. The zero-order valence-corrected chi connectivity index (χ0v) is 7.91. The summed E-state index contributed by atoms with van der Waals surface area (Å²) in [5.74, 6) is 1.60. The molecule has 0 fully saturated rings. The molecule has 1 unspecified atom stereocenters. The van der Waals surface area contributed by atoms with Crippen molar-refractivity contribution in [3.8, 4) is 0 Å². The van der Waals surface area contributed by atoms with Crippen molar-refractivity contribution in [3.63, 3.8) is 0 Å². The molecule has 0 aromatic rings. The first-order chi connectivity index (χ1) is 5.16. The Kier molecular flexibility index (Phi) is 6.36. The Morgan fingerprint density at radius 3 is 2.82 bits per heavy atom. The van der Waals surface area contributed by atoms with Crippen molar-refractivity contribution in [2.45, 2.75) is 19.9 Å². The predicted octanol–water partition coefficient (Wildman–Crippen LogP) is 0.203. The van der Waals surface area contributed by atoms with E-state index < -0.39 is 0 Å². The number of nitrogens with one attached hydrogen (secondary N) is 1. The zero-order chi connectivity index (χ0) is 8.69. The maximum Gasteiger partial charge on any atom is 0.230 e. The van der Waals surface area contributed by atoms with E-state index in [1.54, 1.807) is 11.8 Å². The zero-order valence-electron chi connectivity index (χ0n) is 7.09. The molecular weight excluding hydrogens is 160 g/mol. The van der Waals surface area contributed by atoms with Crippen LogP contribution >= 0.6 is 11.8 Å². The van der Waals surface area contributed by atoms with E-state index in [2.05, 4.69) is 5.32 Å². The van der Waals surface area contributed by atoms with E-state index >= 15 is 0 Å². The quantitative estimate of drug-likeness (QED) is 0.629. The molecule has 0 heterocycles. The summed E-state index contributed by atoms with van der Waals surface area (Å²) in [4.78, 5) is 10.9. The number of thioether (sulfide) groups is 1. The molecule has 0 aromatic carbocycles. The van der Waals surface area contributed by atoms with E-state index in [9.17, 15) is 4.79 Å². The third kappa shape index (κ3) is 7.68. The van der Waals surface area contributed by atoms with Crippen LogP contribution < -0.4 is 11.1 Å². The first kappa shape index (κ1) is 10.8. The fourth-order valence-corrected chi connectivity index (χ4v) is 1.01. The normalized spacial score (nSPS) is 12.6. The smallest absolute Gasteiger partial charge is 0.230 e. The lowest BCUT2D eigenvalue weighted by molar-refractivity contribution is -0.118. The minimum Gasteiger partial charge on any atom is -0.354 e. The Morgan fingerprint density at radius 2 is 2.36 bits per heavy atom. The molecule has 0 aliphatic rings. The van der Waals surface area contributed by atoms with Gasteiger partial charge in [-0.15, -0.1) is 0 Å². The number of carbonyl (C=O) groups excluding carboxylic acids is 1. The van der Waals surface area contributed by atoms with Crippen molar-refractivity contribution in [2.75, 3.05) is 18.1 Å². The van der Waals surface area contributed by atoms with E-state index in [4.69, 9.17) is 5.73 Å². The number of nitrogens with two attached hydrogens (primary N) is 1. The van der Waals surface area contributed by atoms with Gasteiger partial charge in [0, 0.05) is 12.6 Å². The van der Waals surface area contributed by atoms with Crippen LogP contribution in [0.2, 0.25) is 0 Å². The highest BCUT2D eigenvalue weighted by atomic mass is 32.2. The minimum atomic E-state index is 0.0468. The predicted molar refractivity (Wildman–Crippen MR) is 49.7 cm³/mol. The van der Waals surface area contributed by atoms with Gasteiger partial charge in [-0.1, -0.05) is 6.92 Å². The largest absolute Gasteiger partial charge is 0.354 e. The monoisotopic (exact) mass is 176 g/mol. The van der Waals surface area contributed by atoms with Crippen molar-refractivity contribution in [2.24, 2.45) is 5.73 Å². The van der Waals surface area contributed by atoms with Gasteiger partial charge in [0.05, 0.1) is 5.75 Å². The molecule has 1 amide bonds. The summed E-state index contributed by atoms with van der Waals surface area (Å²) in [6.45, 7) is 4.47. The molecule has 0 aliphatic carbocycles. The van der Waals surface area contributed by atoms with Crippen LogP contribution in [0.15, 0.2) is 0 Å². The van der Waals surface area contributed by atoms with Gasteiger partial charge in [0.2, 0.25) is 5.91 Å². The third-order valence-electron chi connectivity index (χ3n) is 1.06. The second-order valence-corrected chi connectivity index (χ2v) is 3.69. The van der Waals surface area contributed by atoms with Crippen LogP contribution in [-0.2, 0) is 4.79 Å². The third-order valence-corrected chi connectivity index (χ3v) is 1.93. The van der Waals surface area contributed by atoms with Crippen LogP contribution in [0.25, 0.3) is 0 Å². The Labute approximate surface area is 72.1 Å². The summed E-state index contributed by atoms with van der Waals surface area (Å²) in [7, 11) is 0. The lowest BCUT2D eigenvalue weighted by Crippen LogP contribution is -2.36. The molecule has 4 heteroatoms. The fourth-order valence-electron chi connectivity index (χ4n) is 0.521. The first-order valence-electron chi connectivity index (χ1n) is 3.76. The van der Waals surface area contributed by atoms with Gasteiger partial charge in [-0.3, -0.25) is 4.79 Å². The molecule has 1 atom stereocenters. The van der Waals surface area contributed by atoms with E-state index in [0.29, 0.717) is 12.3 Å². The van der Waals surface area contributed by atoms with Crippen molar-refractivity contribution in [1.29, 1.82) is 0 Å². The fraction of sp³-hybridized carbons (Fsp3) is 0.857. The summed E-state index contributed by atoms with van der Waals surface area (Å²) in [6, 6.07) is 0.0468. The van der Waals surface area contributed by atoms with Crippen LogP contribution in [0.4, 0.5) is 0 Å². The van der Waals surface area contributed by atoms with Crippen molar-refractivity contribution in [3.05, 3.63) is 0 Å². The summed E-state index contributed by atoms with van der Waals surface area (Å²) in [5.41, 5.74) is 5.45. The number of carbonyl (C=O) groups is 1. The molecule has 3 N–H and O–H groups in total. The number of hydrogen-bond acceptors (Lipinski definition) is 3. The average Bonchev–Trinajstić information content (AvgIpc) is 1.97. The standard InChI is InChI=1S/C7H16N2OS/c1-3-11-5-7(10)9-4-6(2)8/h6H,3-5,8H2,1-2H3,(H,9,10). The van der Waals surface area contributed by atoms with Gasteiger partial charge in [-0.2, -0.15) is 11.8 Å². The van der Waals surface area contributed by atoms with Crippen molar-refractivity contribution in [1.82, 2.24) is 5.32 Å². The molecule has 0 aliphatic heterocycles. The number of amides is 1. The summed E-state index contributed by atoms with van der Waals surface area (Å²) in [6.07, 6.45) is 0. The van der Waals surface area contributed by atoms with Gasteiger partial charge < -0.3 is 11.1 Å². The minimum absolute atomic E-state index is 0.0468. The van der Waals surface area contributed by atoms with Gasteiger partial charge >= 0.3 is 0 Å². The van der Waals surface area contributed by atoms with E-state index in [-0.39, 0.29) is 11.9 Å². The molecule has 11 heavy (non-hydrogen) atoms. The Hall–Kier alpha value is -0.220. The second kappa shape index (κ2) is 6.49. The number of hydrogen-bond donors (Lipinski definition) is 2. The lowest BCUT2D eigenvalue weighted by atomic mass is 10.4. The molecule has 0 radical (unpaired) electrons. The van der Waals surface area contributed by atoms with Crippen LogP contribution in [-0.4, -0.2) is 30.0 Å². The molecular formula is C7H16N2OS. The van der Waals surface area contributed by atoms with Crippen LogP contribution in [0.3, 0.4) is 0 Å². The second-order valence-electron chi connectivity index (χ2n) is 2.42. The lowest BCUT2D eigenvalue weighted by Gasteiger charge is -2.06. The van der Waals surface area contributed by atoms with E-state index in [1.807, 2.05) is 13.8 Å². The molecule has 66 valence electrons. The van der Waals surface area contributed by atoms with Gasteiger partial charge in [0.1, 0.15) is 0 Å². The highest BCUT2D eigenvalue weighted by molar-refractivity contribution is 7.99. The highest BCUT2D eigenvalue weighted by Gasteiger charge is 2.00. The van der Waals surface area contributed by atoms with Gasteiger partial charge in [0.25, 0.3) is 0 Å². The van der Waals surface area contributed by atoms with Crippen LogP contribution in [0, 0.1) is 0 Å². The molecule has 3 nitrogen and oxygen atoms in total. The van der Waals surface area contributed by atoms with Gasteiger partial charge in [-0.25, -0.2) is 0 Å². The Bertz CT molecular complexity index is 117. The molecule has 0 rings (SSSR count). The SMILES string of the molecule is CCSCC(=O)NCC(C)N. The van der Waals surface area contributed by atoms with Crippen molar-refractivity contribution < 1.29 is 4.79 Å². The van der Waals surface area contributed by atoms with Gasteiger partial charge in [-0.05, 0) is 12.7 Å². The molecule has 0 saturated carbocycles. The highest BCUT2D eigenvalue weighted by Crippen LogP contribution is 1.95.